The number of carbonyl (C=O) groups is 1. The summed E-state index contributed by atoms with van der Waals surface area (Å²) in [6.07, 6.45) is 0. The van der Waals surface area contributed by atoms with Crippen LogP contribution >= 0.6 is 11.3 Å². The van der Waals surface area contributed by atoms with Crippen LogP contribution in [0.4, 0.5) is 5.69 Å². The van der Waals surface area contributed by atoms with Gasteiger partial charge in [-0.2, -0.15) is 0 Å². The number of thiazole rings is 1. The normalized spacial score (nSPS) is 15.6. The van der Waals surface area contributed by atoms with E-state index in [0.29, 0.717) is 28.6 Å². The lowest BCUT2D eigenvalue weighted by atomic mass is 10.1. The van der Waals surface area contributed by atoms with Gasteiger partial charge in [-0.15, -0.1) is 0 Å². The highest BCUT2D eigenvalue weighted by Crippen LogP contribution is 2.36. The van der Waals surface area contributed by atoms with Crippen molar-refractivity contribution in [2.75, 3.05) is 38.3 Å². The van der Waals surface area contributed by atoms with Crippen molar-refractivity contribution in [3.8, 4) is 5.19 Å². The number of hydrogen-bond donors (Lipinski definition) is 1. The minimum absolute atomic E-state index is 0.262. The summed E-state index contributed by atoms with van der Waals surface area (Å²) in [5, 5.41) is 9.75. The van der Waals surface area contributed by atoms with Gasteiger partial charge >= 0.3 is 5.97 Å². The molecule has 7 heteroatoms. The summed E-state index contributed by atoms with van der Waals surface area (Å²) in [5.41, 5.74) is 1.89. The maximum absolute atomic E-state index is 11.3. The molecule has 0 atom stereocenters. The van der Waals surface area contributed by atoms with Crippen molar-refractivity contribution >= 4 is 33.2 Å². The predicted molar refractivity (Wildman–Crippen MR) is 76.2 cm³/mol. The van der Waals surface area contributed by atoms with Gasteiger partial charge in [-0.05, 0) is 12.1 Å². The number of ether oxygens (including phenoxy) is 2. The maximum Gasteiger partial charge on any atom is 0.337 e. The molecule has 1 N–H and O–H groups in total. The minimum atomic E-state index is -0.949. The van der Waals surface area contributed by atoms with Crippen molar-refractivity contribution in [2.45, 2.75) is 0 Å². The molecule has 1 aliphatic rings. The largest absolute Gasteiger partial charge is 0.478 e. The van der Waals surface area contributed by atoms with Gasteiger partial charge in [0.15, 0.2) is 0 Å². The van der Waals surface area contributed by atoms with Crippen LogP contribution in [0, 0.1) is 0 Å². The molecule has 0 bridgehead atoms. The molecule has 6 nitrogen and oxygen atoms in total. The van der Waals surface area contributed by atoms with Crippen molar-refractivity contribution in [1.82, 2.24) is 4.98 Å². The zero-order valence-corrected chi connectivity index (χ0v) is 11.8. The quantitative estimate of drug-likeness (QED) is 0.931. The molecule has 1 aromatic carbocycles. The van der Waals surface area contributed by atoms with E-state index in [2.05, 4.69) is 9.88 Å². The number of anilines is 1. The number of fused-ring (bicyclic) bond motifs is 1. The molecule has 2 aromatic rings. The van der Waals surface area contributed by atoms with E-state index >= 15 is 0 Å². The highest BCUT2D eigenvalue weighted by Gasteiger charge is 2.21. The van der Waals surface area contributed by atoms with E-state index in [4.69, 9.17) is 9.47 Å². The lowest BCUT2D eigenvalue weighted by Gasteiger charge is -2.29. The summed E-state index contributed by atoms with van der Waals surface area (Å²) in [6.45, 7) is 2.90. The van der Waals surface area contributed by atoms with Gasteiger partial charge < -0.3 is 19.5 Å². The van der Waals surface area contributed by atoms with Crippen LogP contribution in [0.2, 0.25) is 0 Å². The van der Waals surface area contributed by atoms with E-state index in [1.807, 2.05) is 6.07 Å². The molecule has 0 radical (unpaired) electrons. The molecule has 1 saturated heterocycles. The number of carboxylic acid groups (broad SMARTS) is 1. The van der Waals surface area contributed by atoms with E-state index in [9.17, 15) is 9.90 Å². The van der Waals surface area contributed by atoms with Crippen LogP contribution in [-0.4, -0.2) is 49.5 Å². The van der Waals surface area contributed by atoms with Crippen molar-refractivity contribution in [3.05, 3.63) is 17.7 Å². The molecule has 20 heavy (non-hydrogen) atoms. The summed E-state index contributed by atoms with van der Waals surface area (Å²) in [4.78, 5) is 17.9. The van der Waals surface area contributed by atoms with Crippen molar-refractivity contribution in [2.24, 2.45) is 0 Å². The first-order chi connectivity index (χ1) is 9.70. The Morgan fingerprint density at radius 2 is 2.20 bits per heavy atom. The fraction of sp³-hybridized carbons (Fsp3) is 0.385. The first-order valence-electron chi connectivity index (χ1n) is 6.24. The first-order valence-corrected chi connectivity index (χ1v) is 7.06. The first kappa shape index (κ1) is 13.1. The second kappa shape index (κ2) is 5.26. The lowest BCUT2D eigenvalue weighted by Crippen LogP contribution is -2.36. The summed E-state index contributed by atoms with van der Waals surface area (Å²) < 4.78 is 11.1. The molecule has 1 aliphatic heterocycles. The van der Waals surface area contributed by atoms with Gasteiger partial charge in [-0.3, -0.25) is 0 Å². The number of aromatic nitrogens is 1. The molecular formula is C13H14N2O4S. The van der Waals surface area contributed by atoms with Crippen LogP contribution in [0.15, 0.2) is 12.1 Å². The predicted octanol–water partition coefficient (Wildman–Crippen LogP) is 1.84. The van der Waals surface area contributed by atoms with Crippen molar-refractivity contribution in [1.29, 1.82) is 0 Å². The van der Waals surface area contributed by atoms with Crippen LogP contribution in [0.1, 0.15) is 10.4 Å². The van der Waals surface area contributed by atoms with Gasteiger partial charge in [0.1, 0.15) is 5.52 Å². The Morgan fingerprint density at radius 3 is 2.85 bits per heavy atom. The van der Waals surface area contributed by atoms with Gasteiger partial charge in [0.05, 0.1) is 36.3 Å². The molecule has 106 valence electrons. The summed E-state index contributed by atoms with van der Waals surface area (Å²) in [7, 11) is 1.53. The van der Waals surface area contributed by atoms with Gasteiger partial charge in [-0.1, -0.05) is 11.3 Å². The zero-order chi connectivity index (χ0) is 14.1. The van der Waals surface area contributed by atoms with Crippen LogP contribution < -0.4 is 9.64 Å². The van der Waals surface area contributed by atoms with Crippen LogP contribution in [0.5, 0.6) is 5.19 Å². The molecule has 0 amide bonds. The monoisotopic (exact) mass is 294 g/mol. The molecular weight excluding hydrogens is 280 g/mol. The number of benzene rings is 1. The highest BCUT2D eigenvalue weighted by molar-refractivity contribution is 7.20. The second-order valence-electron chi connectivity index (χ2n) is 4.40. The fourth-order valence-electron chi connectivity index (χ4n) is 2.29. The molecule has 0 spiro atoms. The summed E-state index contributed by atoms with van der Waals surface area (Å²) >= 11 is 1.26. The van der Waals surface area contributed by atoms with E-state index in [-0.39, 0.29) is 5.56 Å². The SMILES string of the molecule is COc1nc2c(N3CCOCC3)ccc(C(=O)O)c2s1. The van der Waals surface area contributed by atoms with Crippen LogP contribution in [-0.2, 0) is 4.74 Å². The standard InChI is InChI=1S/C13H14N2O4S/c1-18-13-14-10-9(15-4-6-19-7-5-15)3-2-8(12(16)17)11(10)20-13/h2-3H,4-7H2,1H3,(H,16,17). The van der Waals surface area contributed by atoms with E-state index in [0.717, 1.165) is 18.8 Å². The fourth-order valence-corrected chi connectivity index (χ4v) is 3.20. The lowest BCUT2D eigenvalue weighted by molar-refractivity contribution is 0.0699. The summed E-state index contributed by atoms with van der Waals surface area (Å²) in [5.74, 6) is -0.949. The van der Waals surface area contributed by atoms with Crippen LogP contribution in [0.25, 0.3) is 10.2 Å². The zero-order valence-electron chi connectivity index (χ0n) is 11.0. The Morgan fingerprint density at radius 1 is 1.45 bits per heavy atom. The third kappa shape index (κ3) is 2.19. The number of carboxylic acids is 1. The number of aromatic carboxylic acids is 1. The second-order valence-corrected chi connectivity index (χ2v) is 5.36. The Kier molecular flexibility index (Phi) is 3.45. The van der Waals surface area contributed by atoms with E-state index in [1.54, 1.807) is 6.07 Å². The minimum Gasteiger partial charge on any atom is -0.478 e. The van der Waals surface area contributed by atoms with E-state index < -0.39 is 5.97 Å². The molecule has 3 rings (SSSR count). The Hall–Kier alpha value is -1.86. The molecule has 0 saturated carbocycles. The number of methoxy groups -OCH3 is 1. The number of hydrogen-bond acceptors (Lipinski definition) is 6. The Balaban J connectivity index is 2.15. The maximum atomic E-state index is 11.3. The highest BCUT2D eigenvalue weighted by atomic mass is 32.1. The number of rotatable bonds is 3. The van der Waals surface area contributed by atoms with Gasteiger partial charge in [0.2, 0.25) is 0 Å². The van der Waals surface area contributed by atoms with Gasteiger partial charge in [0.25, 0.3) is 5.19 Å². The molecule has 1 fully saturated rings. The Labute approximate surface area is 119 Å². The third-order valence-electron chi connectivity index (χ3n) is 3.26. The van der Waals surface area contributed by atoms with Crippen molar-refractivity contribution in [3.63, 3.8) is 0 Å². The molecule has 0 unspecified atom stereocenters. The molecule has 2 heterocycles. The van der Waals surface area contributed by atoms with E-state index in [1.165, 1.54) is 18.4 Å². The van der Waals surface area contributed by atoms with Gasteiger partial charge in [-0.25, -0.2) is 9.78 Å². The molecule has 1 aromatic heterocycles. The average molecular weight is 294 g/mol. The number of morpholine rings is 1. The topological polar surface area (TPSA) is 71.9 Å². The van der Waals surface area contributed by atoms with Gasteiger partial charge in [0, 0.05) is 13.1 Å². The number of nitrogens with zero attached hydrogens (tertiary/aromatic N) is 2. The Bertz CT molecular complexity index is 649. The average Bonchev–Trinajstić information content (AvgIpc) is 2.90. The van der Waals surface area contributed by atoms with Crippen LogP contribution in [0.3, 0.4) is 0 Å². The van der Waals surface area contributed by atoms with Crippen molar-refractivity contribution < 1.29 is 19.4 Å². The smallest absolute Gasteiger partial charge is 0.337 e. The molecule has 0 aliphatic carbocycles. The third-order valence-corrected chi connectivity index (χ3v) is 4.31. The summed E-state index contributed by atoms with van der Waals surface area (Å²) in [6, 6.07) is 3.45.